The molecule has 1 saturated heterocycles. The highest BCUT2D eigenvalue weighted by atomic mass is 16.7. The first-order valence-corrected chi connectivity index (χ1v) is 6.55. The minimum atomic E-state index is -0.334. The smallest absolute Gasteiger partial charge is 0.322 e. The lowest BCUT2D eigenvalue weighted by molar-refractivity contribution is -0.266. The Bertz CT molecular complexity index is 348. The number of carbonyl (C=O) groups is 2. The summed E-state index contributed by atoms with van der Waals surface area (Å²) in [5.41, 5.74) is -0.668. The molecule has 0 unspecified atom stereocenters. The quantitative estimate of drug-likeness (QED) is 0.796. The Hall–Kier alpha value is -1.30. The van der Waals surface area contributed by atoms with Gasteiger partial charge in [-0.05, 0) is 40.5 Å². The number of nitrogens with zero attached hydrogens (tertiary/aromatic N) is 1. The lowest BCUT2D eigenvalue weighted by Gasteiger charge is -2.52. The number of amides is 2. The van der Waals surface area contributed by atoms with E-state index in [0.29, 0.717) is 0 Å². The molecule has 1 rings (SSSR count). The van der Waals surface area contributed by atoms with E-state index in [1.54, 1.807) is 12.1 Å². The van der Waals surface area contributed by atoms with Crippen LogP contribution in [0.4, 0.5) is 4.79 Å². The first-order chi connectivity index (χ1) is 8.58. The van der Waals surface area contributed by atoms with Gasteiger partial charge in [0.05, 0.1) is 11.1 Å². The van der Waals surface area contributed by atoms with Crippen LogP contribution in [0.5, 0.6) is 0 Å². The van der Waals surface area contributed by atoms with Crippen LogP contribution >= 0.6 is 0 Å². The average Bonchev–Trinajstić information content (AvgIpc) is 2.22. The Balaban J connectivity index is 2.87. The fourth-order valence-electron chi connectivity index (χ4n) is 3.00. The molecule has 110 valence electrons. The van der Waals surface area contributed by atoms with Gasteiger partial charge in [-0.1, -0.05) is 0 Å². The monoisotopic (exact) mass is 271 g/mol. The lowest BCUT2D eigenvalue weighted by Crippen LogP contribution is -2.64. The highest BCUT2D eigenvalue weighted by Crippen LogP contribution is 2.38. The lowest BCUT2D eigenvalue weighted by atomic mass is 9.79. The molecule has 1 heterocycles. The minimum Gasteiger partial charge on any atom is -0.367 e. The largest absolute Gasteiger partial charge is 0.367 e. The fourth-order valence-corrected chi connectivity index (χ4v) is 3.00. The summed E-state index contributed by atoms with van der Waals surface area (Å²) in [6.45, 7) is 9.44. The van der Waals surface area contributed by atoms with Crippen LogP contribution in [0.1, 0.15) is 47.5 Å². The van der Waals surface area contributed by atoms with E-state index in [0.717, 1.165) is 12.8 Å². The number of hydroxylamine groups is 2. The molecule has 0 aromatic heterocycles. The number of carbonyl (C=O) groups excluding carboxylic acids is 2. The number of piperidine rings is 1. The second kappa shape index (κ2) is 5.36. The molecule has 0 aromatic rings. The summed E-state index contributed by atoms with van der Waals surface area (Å²) in [4.78, 5) is 28.1. The van der Waals surface area contributed by atoms with Gasteiger partial charge in [-0.2, -0.15) is 0 Å². The van der Waals surface area contributed by atoms with Crippen molar-refractivity contribution in [2.24, 2.45) is 0 Å². The van der Waals surface area contributed by atoms with Gasteiger partial charge < -0.3 is 15.5 Å². The van der Waals surface area contributed by atoms with Crippen molar-refractivity contribution >= 4 is 12.0 Å². The molecule has 1 aliphatic rings. The molecule has 2 amide bonds. The molecule has 0 atom stereocenters. The molecular weight excluding hydrogens is 246 g/mol. The van der Waals surface area contributed by atoms with Gasteiger partial charge in [-0.25, -0.2) is 4.79 Å². The molecule has 1 aliphatic heterocycles. The van der Waals surface area contributed by atoms with Gasteiger partial charge in [0.15, 0.2) is 0 Å². The molecule has 0 aliphatic carbocycles. The number of rotatable bonds is 2. The van der Waals surface area contributed by atoms with E-state index in [-0.39, 0.29) is 29.1 Å². The number of hydrogen-bond acceptors (Lipinski definition) is 4. The van der Waals surface area contributed by atoms with Crippen LogP contribution in [0.2, 0.25) is 0 Å². The van der Waals surface area contributed by atoms with Crippen molar-refractivity contribution in [1.82, 2.24) is 15.7 Å². The summed E-state index contributed by atoms with van der Waals surface area (Å²) in [5.74, 6) is -0.320. The van der Waals surface area contributed by atoms with E-state index in [4.69, 9.17) is 4.84 Å². The highest BCUT2D eigenvalue weighted by Gasteiger charge is 2.48. The van der Waals surface area contributed by atoms with E-state index in [9.17, 15) is 9.59 Å². The molecule has 0 spiro atoms. The third-order valence-corrected chi connectivity index (χ3v) is 3.37. The van der Waals surface area contributed by atoms with Crippen molar-refractivity contribution in [3.63, 3.8) is 0 Å². The average molecular weight is 271 g/mol. The van der Waals surface area contributed by atoms with Crippen molar-refractivity contribution in [2.75, 3.05) is 7.05 Å². The number of nitrogens with one attached hydrogen (secondary N) is 2. The fraction of sp³-hybridized carbons (Fsp3) is 0.846. The maximum atomic E-state index is 11.4. The van der Waals surface area contributed by atoms with Gasteiger partial charge >= 0.3 is 12.0 Å². The topological polar surface area (TPSA) is 70.7 Å². The number of hydrogen-bond donors (Lipinski definition) is 2. The highest BCUT2D eigenvalue weighted by molar-refractivity contribution is 5.73. The molecule has 2 N–H and O–H groups in total. The second-order valence-electron chi connectivity index (χ2n) is 6.33. The van der Waals surface area contributed by atoms with Crippen molar-refractivity contribution in [3.05, 3.63) is 0 Å². The number of urea groups is 1. The van der Waals surface area contributed by atoms with Crippen LogP contribution in [-0.2, 0) is 9.63 Å². The van der Waals surface area contributed by atoms with Gasteiger partial charge in [0, 0.05) is 20.0 Å². The molecule has 0 aromatic carbocycles. The first kappa shape index (κ1) is 15.8. The molecular formula is C13H25N3O3. The normalized spacial score (nSPS) is 22.6. The summed E-state index contributed by atoms with van der Waals surface area (Å²) in [6, 6.07) is -0.130. The third kappa shape index (κ3) is 3.83. The van der Waals surface area contributed by atoms with Crippen molar-refractivity contribution in [2.45, 2.75) is 64.6 Å². The summed E-state index contributed by atoms with van der Waals surface area (Å²) >= 11 is 0. The molecule has 6 nitrogen and oxygen atoms in total. The Morgan fingerprint density at radius 3 is 2.00 bits per heavy atom. The molecule has 0 saturated carbocycles. The van der Waals surface area contributed by atoms with Crippen molar-refractivity contribution in [1.29, 1.82) is 0 Å². The zero-order valence-corrected chi connectivity index (χ0v) is 12.7. The van der Waals surface area contributed by atoms with Gasteiger partial charge in [0.25, 0.3) is 0 Å². The molecule has 0 radical (unpaired) electrons. The van der Waals surface area contributed by atoms with Crippen LogP contribution in [-0.4, -0.2) is 41.2 Å². The molecule has 0 bridgehead atoms. The summed E-state index contributed by atoms with van der Waals surface area (Å²) < 4.78 is 0. The van der Waals surface area contributed by atoms with Crippen LogP contribution in [0, 0.1) is 0 Å². The van der Waals surface area contributed by atoms with Crippen molar-refractivity contribution in [3.8, 4) is 0 Å². The zero-order valence-electron chi connectivity index (χ0n) is 12.7. The van der Waals surface area contributed by atoms with Crippen molar-refractivity contribution < 1.29 is 14.4 Å². The van der Waals surface area contributed by atoms with Crippen LogP contribution < -0.4 is 10.6 Å². The molecule has 6 heteroatoms. The van der Waals surface area contributed by atoms with Crippen LogP contribution in [0.15, 0.2) is 0 Å². The standard InChI is InChI=1S/C13H25N3O3/c1-9(17)19-16-12(2,3)7-10(8-13(16,4)5)15-11(18)14-6/h10H,7-8H2,1-6H3,(H2,14,15,18). The Kier molecular flexibility index (Phi) is 4.45. The van der Waals surface area contributed by atoms with Gasteiger partial charge in [-0.15, -0.1) is 5.06 Å². The summed E-state index contributed by atoms with van der Waals surface area (Å²) in [7, 11) is 1.60. The first-order valence-electron chi connectivity index (χ1n) is 6.55. The van der Waals surface area contributed by atoms with E-state index in [1.165, 1.54) is 6.92 Å². The van der Waals surface area contributed by atoms with E-state index >= 15 is 0 Å². The van der Waals surface area contributed by atoms with Gasteiger partial charge in [-0.3, -0.25) is 4.79 Å². The Morgan fingerprint density at radius 2 is 1.63 bits per heavy atom. The maximum Gasteiger partial charge on any atom is 0.322 e. The molecule has 19 heavy (non-hydrogen) atoms. The van der Waals surface area contributed by atoms with Gasteiger partial charge in [0.2, 0.25) is 0 Å². The van der Waals surface area contributed by atoms with E-state index in [1.807, 2.05) is 27.7 Å². The molecule has 1 fully saturated rings. The summed E-state index contributed by atoms with van der Waals surface area (Å²) in [6.07, 6.45) is 1.44. The second-order valence-corrected chi connectivity index (χ2v) is 6.33. The van der Waals surface area contributed by atoms with Crippen LogP contribution in [0.3, 0.4) is 0 Å². The Labute approximate surface area is 114 Å². The predicted molar refractivity (Wildman–Crippen MR) is 72.4 cm³/mol. The van der Waals surface area contributed by atoms with Gasteiger partial charge in [0.1, 0.15) is 0 Å². The van der Waals surface area contributed by atoms with Crippen LogP contribution in [0.25, 0.3) is 0 Å². The zero-order chi connectivity index (χ0) is 14.8. The third-order valence-electron chi connectivity index (χ3n) is 3.37. The van der Waals surface area contributed by atoms with E-state index in [2.05, 4.69) is 10.6 Å². The summed E-state index contributed by atoms with van der Waals surface area (Å²) in [5, 5.41) is 7.25. The maximum absolute atomic E-state index is 11.4. The van der Waals surface area contributed by atoms with E-state index < -0.39 is 0 Å². The SMILES string of the molecule is CNC(=O)NC1CC(C)(C)N(OC(C)=O)C(C)(C)C1. The Morgan fingerprint density at radius 1 is 1.16 bits per heavy atom. The predicted octanol–water partition coefficient (Wildman–Crippen LogP) is 1.42. The minimum absolute atomic E-state index is 0.0526.